The molecular formula is C26H32Br2FN3O2. The highest BCUT2D eigenvalue weighted by atomic mass is 79.9. The highest BCUT2D eigenvalue weighted by molar-refractivity contribution is 9.11. The zero-order chi connectivity index (χ0) is 24.2. The lowest BCUT2D eigenvalue weighted by Gasteiger charge is -2.47. The van der Waals surface area contributed by atoms with E-state index in [4.69, 9.17) is 0 Å². The van der Waals surface area contributed by atoms with Crippen LogP contribution >= 0.6 is 31.9 Å². The number of likely N-dealkylation sites (tertiary alicyclic amines) is 2. The van der Waals surface area contributed by atoms with Gasteiger partial charge in [0.2, 0.25) is 0 Å². The van der Waals surface area contributed by atoms with Crippen LogP contribution in [0.3, 0.4) is 0 Å². The van der Waals surface area contributed by atoms with Crippen LogP contribution in [0.1, 0.15) is 41.1 Å². The molecule has 2 aliphatic heterocycles. The van der Waals surface area contributed by atoms with Gasteiger partial charge in [0.25, 0.3) is 5.91 Å². The van der Waals surface area contributed by atoms with Crippen molar-refractivity contribution in [2.45, 2.75) is 37.3 Å². The Morgan fingerprint density at radius 3 is 2.35 bits per heavy atom. The molecule has 2 heterocycles. The van der Waals surface area contributed by atoms with Gasteiger partial charge < -0.3 is 14.9 Å². The van der Waals surface area contributed by atoms with Crippen LogP contribution < -0.4 is 0 Å². The molecule has 2 aromatic rings. The molecule has 1 unspecified atom stereocenters. The van der Waals surface area contributed by atoms with Crippen molar-refractivity contribution in [1.82, 2.24) is 14.7 Å². The first kappa shape index (κ1) is 25.8. The predicted molar refractivity (Wildman–Crippen MR) is 140 cm³/mol. The summed E-state index contributed by atoms with van der Waals surface area (Å²) >= 11 is 6.92. The van der Waals surface area contributed by atoms with Gasteiger partial charge in [-0.2, -0.15) is 0 Å². The smallest absolute Gasteiger partial charge is 0.253 e. The van der Waals surface area contributed by atoms with Crippen LogP contribution in [0.15, 0.2) is 51.4 Å². The van der Waals surface area contributed by atoms with Gasteiger partial charge >= 0.3 is 0 Å². The lowest BCUT2D eigenvalue weighted by molar-refractivity contribution is -0.00542. The van der Waals surface area contributed by atoms with Gasteiger partial charge in [0.1, 0.15) is 5.82 Å². The summed E-state index contributed by atoms with van der Waals surface area (Å²) in [5.41, 5.74) is 1.68. The number of likely N-dealkylation sites (N-methyl/N-ethyl adjacent to an activating group) is 1. The van der Waals surface area contributed by atoms with Gasteiger partial charge in [-0.05, 0) is 61.7 Å². The maximum absolute atomic E-state index is 13.6. The predicted octanol–water partition coefficient (Wildman–Crippen LogP) is 4.74. The first-order valence-electron chi connectivity index (χ1n) is 11.9. The standard InChI is InChI=1S/C26H32Br2FN3O2/c1-30(26(34)20-12-21(27)14-22(28)13-20)15-19(18-2-4-23(29)5-3-18)6-9-31-16-24(17-31)32-10-7-25(33)8-11-32/h2-5,12-14,19,24-25,33H,6-11,15-17H2,1H3. The van der Waals surface area contributed by atoms with Crippen molar-refractivity contribution in [3.05, 3.63) is 68.4 Å². The summed E-state index contributed by atoms with van der Waals surface area (Å²) in [7, 11) is 1.83. The Kier molecular flexibility index (Phi) is 8.80. The van der Waals surface area contributed by atoms with Crippen molar-refractivity contribution >= 4 is 37.8 Å². The van der Waals surface area contributed by atoms with Gasteiger partial charge in [-0.15, -0.1) is 0 Å². The summed E-state index contributed by atoms with van der Waals surface area (Å²) in [6.45, 7) is 5.57. The monoisotopic (exact) mass is 595 g/mol. The third-order valence-corrected chi connectivity index (χ3v) is 7.95. The highest BCUT2D eigenvalue weighted by Gasteiger charge is 2.33. The van der Waals surface area contributed by atoms with Crippen molar-refractivity contribution in [3.63, 3.8) is 0 Å². The molecular weight excluding hydrogens is 565 g/mol. The Balaban J connectivity index is 1.36. The van der Waals surface area contributed by atoms with Crippen molar-refractivity contribution in [2.24, 2.45) is 0 Å². The molecule has 184 valence electrons. The number of amides is 1. The molecule has 1 amide bonds. The molecule has 2 aliphatic rings. The Bertz CT molecular complexity index is 956. The zero-order valence-electron chi connectivity index (χ0n) is 19.5. The Morgan fingerprint density at radius 2 is 1.74 bits per heavy atom. The third kappa shape index (κ3) is 6.66. The van der Waals surface area contributed by atoms with Crippen molar-refractivity contribution in [2.75, 3.05) is 46.3 Å². The van der Waals surface area contributed by atoms with Gasteiger partial charge in [0, 0.05) is 66.2 Å². The summed E-state index contributed by atoms with van der Waals surface area (Å²) in [6, 6.07) is 12.8. The molecule has 1 N–H and O–H groups in total. The molecule has 2 aromatic carbocycles. The van der Waals surface area contributed by atoms with E-state index in [9.17, 15) is 14.3 Å². The number of carbonyl (C=O) groups is 1. The van der Waals surface area contributed by atoms with Crippen LogP contribution in [0.25, 0.3) is 0 Å². The number of carbonyl (C=O) groups excluding carboxylic acids is 1. The molecule has 34 heavy (non-hydrogen) atoms. The molecule has 5 nitrogen and oxygen atoms in total. The van der Waals surface area contributed by atoms with E-state index in [2.05, 4.69) is 41.7 Å². The highest BCUT2D eigenvalue weighted by Crippen LogP contribution is 2.27. The Morgan fingerprint density at radius 1 is 1.12 bits per heavy atom. The van der Waals surface area contributed by atoms with E-state index in [0.717, 1.165) is 66.5 Å². The van der Waals surface area contributed by atoms with E-state index in [-0.39, 0.29) is 23.7 Å². The average Bonchev–Trinajstić information content (AvgIpc) is 2.77. The van der Waals surface area contributed by atoms with Crippen molar-refractivity contribution in [3.8, 4) is 0 Å². The SMILES string of the molecule is CN(CC(CCN1CC(N2CCC(O)CC2)C1)c1ccc(F)cc1)C(=O)c1cc(Br)cc(Br)c1. The van der Waals surface area contributed by atoms with E-state index in [1.54, 1.807) is 4.90 Å². The van der Waals surface area contributed by atoms with E-state index >= 15 is 0 Å². The first-order valence-corrected chi connectivity index (χ1v) is 13.5. The Labute approximate surface area is 218 Å². The van der Waals surface area contributed by atoms with Crippen LogP contribution in [-0.2, 0) is 0 Å². The molecule has 8 heteroatoms. The van der Waals surface area contributed by atoms with Gasteiger partial charge in [-0.1, -0.05) is 44.0 Å². The minimum Gasteiger partial charge on any atom is -0.393 e. The molecule has 1 atom stereocenters. The number of aliphatic hydroxyl groups is 1. The fraction of sp³-hybridized carbons (Fsp3) is 0.500. The van der Waals surface area contributed by atoms with E-state index in [0.29, 0.717) is 18.2 Å². The number of piperidine rings is 1. The first-order chi connectivity index (χ1) is 16.3. The Hall–Kier alpha value is -1.32. The van der Waals surface area contributed by atoms with Crippen molar-refractivity contribution in [1.29, 1.82) is 0 Å². The maximum atomic E-state index is 13.6. The fourth-order valence-electron chi connectivity index (χ4n) is 4.96. The maximum Gasteiger partial charge on any atom is 0.253 e. The summed E-state index contributed by atoms with van der Waals surface area (Å²) in [6.07, 6.45) is 2.51. The molecule has 0 aromatic heterocycles. The lowest BCUT2D eigenvalue weighted by atomic mass is 9.93. The molecule has 2 fully saturated rings. The molecule has 0 spiro atoms. The quantitative estimate of drug-likeness (QED) is 0.478. The molecule has 0 bridgehead atoms. The van der Waals surface area contributed by atoms with Crippen LogP contribution in [0.5, 0.6) is 0 Å². The molecule has 0 saturated carbocycles. The second kappa shape index (κ2) is 11.6. The number of halogens is 3. The molecule has 0 radical (unpaired) electrons. The number of rotatable bonds is 8. The van der Waals surface area contributed by atoms with Crippen LogP contribution in [-0.4, -0.2) is 84.2 Å². The van der Waals surface area contributed by atoms with E-state index in [1.165, 1.54) is 12.1 Å². The second-order valence-electron chi connectivity index (χ2n) is 9.56. The normalized spacial score (nSPS) is 19.1. The summed E-state index contributed by atoms with van der Waals surface area (Å²) in [5, 5.41) is 9.74. The third-order valence-electron chi connectivity index (χ3n) is 7.04. The van der Waals surface area contributed by atoms with Gasteiger partial charge in [-0.25, -0.2) is 4.39 Å². The summed E-state index contributed by atoms with van der Waals surface area (Å²) < 4.78 is 15.3. The minimum atomic E-state index is -0.247. The van der Waals surface area contributed by atoms with Gasteiger partial charge in [0.05, 0.1) is 6.10 Å². The molecule has 2 saturated heterocycles. The minimum absolute atomic E-state index is 0.0367. The summed E-state index contributed by atoms with van der Waals surface area (Å²) in [4.78, 5) is 19.8. The number of benzene rings is 2. The largest absolute Gasteiger partial charge is 0.393 e. The number of hydrogen-bond donors (Lipinski definition) is 1. The topological polar surface area (TPSA) is 47.0 Å². The number of hydrogen-bond acceptors (Lipinski definition) is 4. The van der Waals surface area contributed by atoms with Crippen LogP contribution in [0.4, 0.5) is 4.39 Å². The van der Waals surface area contributed by atoms with E-state index in [1.807, 2.05) is 37.4 Å². The van der Waals surface area contributed by atoms with Gasteiger partial charge in [-0.3, -0.25) is 9.69 Å². The second-order valence-corrected chi connectivity index (χ2v) is 11.4. The zero-order valence-corrected chi connectivity index (χ0v) is 22.6. The van der Waals surface area contributed by atoms with Gasteiger partial charge in [0.15, 0.2) is 0 Å². The van der Waals surface area contributed by atoms with Crippen LogP contribution in [0, 0.1) is 5.82 Å². The van der Waals surface area contributed by atoms with E-state index < -0.39 is 0 Å². The van der Waals surface area contributed by atoms with Crippen molar-refractivity contribution < 1.29 is 14.3 Å². The summed E-state index contributed by atoms with van der Waals surface area (Å²) in [5.74, 6) is -0.164. The molecule has 0 aliphatic carbocycles. The average molecular weight is 597 g/mol. The number of nitrogens with zero attached hydrogens (tertiary/aromatic N) is 3. The lowest BCUT2D eigenvalue weighted by Crippen LogP contribution is -2.61. The number of aliphatic hydroxyl groups excluding tert-OH is 1. The fourth-order valence-corrected chi connectivity index (χ4v) is 6.25. The van der Waals surface area contributed by atoms with Crippen LogP contribution in [0.2, 0.25) is 0 Å². The molecule has 4 rings (SSSR count).